The van der Waals surface area contributed by atoms with Gasteiger partial charge in [-0.1, -0.05) is 60.2 Å². The number of amides is 2. The van der Waals surface area contributed by atoms with Gasteiger partial charge in [-0.15, -0.1) is 0 Å². The minimum atomic E-state index is -0.301. The summed E-state index contributed by atoms with van der Waals surface area (Å²) >= 11 is 0.955. The van der Waals surface area contributed by atoms with Gasteiger partial charge in [0.25, 0.3) is 11.1 Å². The van der Waals surface area contributed by atoms with Gasteiger partial charge in [-0.2, -0.15) is 0 Å². The number of carbonyl (C=O) groups excluding carboxylic acids is 2. The Kier molecular flexibility index (Phi) is 5.72. The van der Waals surface area contributed by atoms with E-state index in [-0.39, 0.29) is 11.1 Å². The third kappa shape index (κ3) is 4.31. The van der Waals surface area contributed by atoms with Crippen LogP contribution in [0, 0.1) is 13.8 Å². The van der Waals surface area contributed by atoms with Crippen molar-refractivity contribution < 1.29 is 14.3 Å². The van der Waals surface area contributed by atoms with Crippen LogP contribution in [0.25, 0.3) is 6.08 Å². The molecule has 1 fully saturated rings. The average molecular weight is 416 g/mol. The maximum Gasteiger partial charge on any atom is 0.298 e. The van der Waals surface area contributed by atoms with Crippen molar-refractivity contribution in [2.75, 3.05) is 4.90 Å². The van der Waals surface area contributed by atoms with Gasteiger partial charge in [0, 0.05) is 0 Å². The quantitative estimate of drug-likeness (QED) is 0.471. The number of rotatable bonds is 5. The Morgan fingerprint density at radius 1 is 0.933 bits per heavy atom. The van der Waals surface area contributed by atoms with Gasteiger partial charge in [-0.25, -0.2) is 4.90 Å². The van der Waals surface area contributed by atoms with Gasteiger partial charge in [0.1, 0.15) is 12.4 Å². The Morgan fingerprint density at radius 2 is 1.70 bits per heavy atom. The smallest absolute Gasteiger partial charge is 0.298 e. The van der Waals surface area contributed by atoms with E-state index in [4.69, 9.17) is 4.74 Å². The SMILES string of the molecule is Cc1ccc(COc2cccc(/C=C3\SC(=O)N(c4ccccc4C)C3=O)c2)cc1. The molecule has 150 valence electrons. The second-order valence-corrected chi connectivity index (χ2v) is 8.14. The van der Waals surface area contributed by atoms with Gasteiger partial charge < -0.3 is 4.74 Å². The van der Waals surface area contributed by atoms with Crippen LogP contribution in [0.2, 0.25) is 0 Å². The summed E-state index contributed by atoms with van der Waals surface area (Å²) in [5.74, 6) is 0.410. The van der Waals surface area contributed by atoms with Crippen LogP contribution in [0.3, 0.4) is 0 Å². The van der Waals surface area contributed by atoms with Gasteiger partial charge in [-0.05, 0) is 66.6 Å². The Hall–Kier alpha value is -3.31. The maximum absolute atomic E-state index is 12.9. The van der Waals surface area contributed by atoms with Crippen LogP contribution >= 0.6 is 11.8 Å². The summed E-state index contributed by atoms with van der Waals surface area (Å²) < 4.78 is 5.89. The number of hydrogen-bond donors (Lipinski definition) is 0. The van der Waals surface area contributed by atoms with E-state index in [0.717, 1.165) is 28.5 Å². The highest BCUT2D eigenvalue weighted by Gasteiger charge is 2.36. The molecular formula is C25H21NO3S. The first-order chi connectivity index (χ1) is 14.5. The number of para-hydroxylation sites is 1. The number of hydrogen-bond acceptors (Lipinski definition) is 4. The van der Waals surface area contributed by atoms with Gasteiger partial charge in [0.2, 0.25) is 0 Å². The molecule has 4 rings (SSSR count). The van der Waals surface area contributed by atoms with Gasteiger partial charge in [0.15, 0.2) is 0 Å². The molecule has 1 heterocycles. The molecule has 0 N–H and O–H groups in total. The Bertz CT molecular complexity index is 1140. The molecule has 5 heteroatoms. The lowest BCUT2D eigenvalue weighted by Gasteiger charge is -2.14. The molecule has 2 amide bonds. The molecule has 0 atom stereocenters. The summed E-state index contributed by atoms with van der Waals surface area (Å²) in [5.41, 5.74) is 4.61. The normalized spacial score (nSPS) is 15.1. The second-order valence-electron chi connectivity index (χ2n) is 7.15. The minimum Gasteiger partial charge on any atom is -0.489 e. The first-order valence-corrected chi connectivity index (χ1v) is 10.4. The predicted octanol–water partition coefficient (Wildman–Crippen LogP) is 6.12. The molecule has 0 spiro atoms. The first-order valence-electron chi connectivity index (χ1n) is 9.63. The lowest BCUT2D eigenvalue weighted by Crippen LogP contribution is -2.28. The number of ether oxygens (including phenoxy) is 1. The molecule has 3 aromatic rings. The third-order valence-corrected chi connectivity index (χ3v) is 5.70. The largest absolute Gasteiger partial charge is 0.489 e. The molecule has 0 radical (unpaired) electrons. The van der Waals surface area contributed by atoms with E-state index in [2.05, 4.69) is 19.1 Å². The topological polar surface area (TPSA) is 46.6 Å². The third-order valence-electron chi connectivity index (χ3n) is 4.83. The van der Waals surface area contributed by atoms with Gasteiger partial charge >= 0.3 is 0 Å². The lowest BCUT2D eigenvalue weighted by molar-refractivity contribution is -0.113. The summed E-state index contributed by atoms with van der Waals surface area (Å²) in [6, 6.07) is 23.1. The number of nitrogens with zero attached hydrogens (tertiary/aromatic N) is 1. The average Bonchev–Trinajstić information content (AvgIpc) is 3.01. The molecule has 3 aromatic carbocycles. The van der Waals surface area contributed by atoms with Crippen LogP contribution in [0.1, 0.15) is 22.3 Å². The van der Waals surface area contributed by atoms with Crippen molar-refractivity contribution in [2.24, 2.45) is 0 Å². The number of aryl methyl sites for hydroxylation is 2. The van der Waals surface area contributed by atoms with E-state index in [1.807, 2.05) is 61.5 Å². The summed E-state index contributed by atoms with van der Waals surface area (Å²) in [6.07, 6.45) is 1.74. The predicted molar refractivity (Wildman–Crippen MR) is 122 cm³/mol. The highest BCUT2D eigenvalue weighted by molar-refractivity contribution is 8.19. The molecule has 0 aliphatic carbocycles. The van der Waals surface area contributed by atoms with E-state index in [0.29, 0.717) is 22.9 Å². The van der Waals surface area contributed by atoms with Crippen LogP contribution in [0.4, 0.5) is 10.5 Å². The van der Waals surface area contributed by atoms with E-state index < -0.39 is 0 Å². The van der Waals surface area contributed by atoms with Crippen LogP contribution < -0.4 is 9.64 Å². The molecule has 1 saturated heterocycles. The molecule has 4 nitrogen and oxygen atoms in total. The summed E-state index contributed by atoms with van der Waals surface area (Å²) in [6.45, 7) is 4.40. The molecular weight excluding hydrogens is 394 g/mol. The highest BCUT2D eigenvalue weighted by atomic mass is 32.2. The first kappa shape index (κ1) is 20.0. The molecule has 30 heavy (non-hydrogen) atoms. The van der Waals surface area contributed by atoms with Crippen molar-refractivity contribution in [1.29, 1.82) is 0 Å². The van der Waals surface area contributed by atoms with Crippen LogP contribution in [0.5, 0.6) is 5.75 Å². The molecule has 0 bridgehead atoms. The van der Waals surface area contributed by atoms with Crippen molar-refractivity contribution in [3.8, 4) is 5.75 Å². The Labute approximate surface area is 180 Å². The molecule has 0 saturated carbocycles. The number of carbonyl (C=O) groups is 2. The fraction of sp³-hybridized carbons (Fsp3) is 0.120. The molecule has 0 unspecified atom stereocenters. The van der Waals surface area contributed by atoms with Crippen molar-refractivity contribution >= 4 is 34.7 Å². The highest BCUT2D eigenvalue weighted by Crippen LogP contribution is 2.37. The summed E-state index contributed by atoms with van der Waals surface area (Å²) in [7, 11) is 0. The zero-order valence-electron chi connectivity index (χ0n) is 16.8. The summed E-state index contributed by atoms with van der Waals surface area (Å²) in [4.78, 5) is 27.0. The monoisotopic (exact) mass is 415 g/mol. The maximum atomic E-state index is 12.9. The standard InChI is InChI=1S/C25H21NO3S/c1-17-10-12-19(13-11-17)16-29-21-8-5-7-20(14-21)15-23-24(27)26(25(28)30-23)22-9-4-3-6-18(22)2/h3-15H,16H2,1-2H3/b23-15-. The van der Waals surface area contributed by atoms with Crippen LogP contribution in [-0.2, 0) is 11.4 Å². The summed E-state index contributed by atoms with van der Waals surface area (Å²) in [5, 5.41) is -0.285. The van der Waals surface area contributed by atoms with Gasteiger partial charge in [0.05, 0.1) is 10.6 Å². The number of anilines is 1. The lowest BCUT2D eigenvalue weighted by atomic mass is 10.1. The number of thioether (sulfide) groups is 1. The zero-order chi connectivity index (χ0) is 21.1. The number of imide groups is 1. The molecule has 1 aliphatic rings. The van der Waals surface area contributed by atoms with Crippen LogP contribution in [-0.4, -0.2) is 11.1 Å². The fourth-order valence-electron chi connectivity index (χ4n) is 3.19. The Morgan fingerprint density at radius 3 is 2.47 bits per heavy atom. The van der Waals surface area contributed by atoms with Gasteiger partial charge in [-0.3, -0.25) is 9.59 Å². The Balaban J connectivity index is 1.51. The fourth-order valence-corrected chi connectivity index (χ4v) is 4.02. The van der Waals surface area contributed by atoms with E-state index in [1.54, 1.807) is 12.1 Å². The van der Waals surface area contributed by atoms with E-state index in [9.17, 15) is 9.59 Å². The number of benzene rings is 3. The zero-order valence-corrected chi connectivity index (χ0v) is 17.6. The van der Waals surface area contributed by atoms with Crippen LogP contribution in [0.15, 0.2) is 77.7 Å². The van der Waals surface area contributed by atoms with Crippen molar-refractivity contribution in [2.45, 2.75) is 20.5 Å². The molecule has 1 aliphatic heterocycles. The second kappa shape index (κ2) is 8.59. The van der Waals surface area contributed by atoms with Crippen molar-refractivity contribution in [3.63, 3.8) is 0 Å². The van der Waals surface area contributed by atoms with Crippen molar-refractivity contribution in [1.82, 2.24) is 0 Å². The van der Waals surface area contributed by atoms with Crippen molar-refractivity contribution in [3.05, 3.63) is 100.0 Å². The van der Waals surface area contributed by atoms with E-state index in [1.165, 1.54) is 10.5 Å². The molecule has 0 aromatic heterocycles. The van der Waals surface area contributed by atoms with E-state index >= 15 is 0 Å². The minimum absolute atomic E-state index is 0.285.